The molecule has 0 saturated carbocycles. The van der Waals surface area contributed by atoms with E-state index < -0.39 is 0 Å². The van der Waals surface area contributed by atoms with Crippen LogP contribution in [0.3, 0.4) is 0 Å². The van der Waals surface area contributed by atoms with Crippen molar-refractivity contribution < 1.29 is 9.53 Å². The molecule has 1 amide bonds. The Labute approximate surface area is 84.4 Å². The quantitative estimate of drug-likeness (QED) is 0.651. The number of rotatable bonds is 2. The van der Waals surface area contributed by atoms with Crippen molar-refractivity contribution in [2.75, 3.05) is 26.3 Å². The third-order valence-corrected chi connectivity index (χ3v) is 2.99. The second kappa shape index (κ2) is 4.75. The number of piperidine rings is 1. The van der Waals surface area contributed by atoms with Crippen LogP contribution in [-0.4, -0.2) is 38.3 Å². The van der Waals surface area contributed by atoms with Crippen molar-refractivity contribution >= 4 is 5.91 Å². The number of nitrogens with one attached hydrogen (secondary N) is 2. The van der Waals surface area contributed by atoms with Gasteiger partial charge in [0.15, 0.2) is 0 Å². The highest BCUT2D eigenvalue weighted by atomic mass is 16.5. The summed E-state index contributed by atoms with van der Waals surface area (Å²) in [7, 11) is 0. The molecule has 0 radical (unpaired) electrons. The van der Waals surface area contributed by atoms with Gasteiger partial charge in [0.1, 0.15) is 0 Å². The van der Waals surface area contributed by atoms with E-state index in [1.165, 1.54) is 0 Å². The standard InChI is InChI=1S/C10H18N2O2/c13-10(8-1-4-11-5-2-8)12-9-3-6-14-7-9/h8-9,11H,1-7H2,(H,12,13). The molecule has 4 heteroatoms. The van der Waals surface area contributed by atoms with E-state index in [0.717, 1.165) is 39.0 Å². The van der Waals surface area contributed by atoms with Crippen molar-refractivity contribution in [3.8, 4) is 0 Å². The zero-order valence-corrected chi connectivity index (χ0v) is 8.42. The first kappa shape index (κ1) is 9.93. The maximum Gasteiger partial charge on any atom is 0.223 e. The SMILES string of the molecule is O=C(NC1CCOC1)C1CCNCC1. The van der Waals surface area contributed by atoms with Crippen molar-refractivity contribution in [1.82, 2.24) is 10.6 Å². The maximum absolute atomic E-state index is 11.8. The van der Waals surface area contributed by atoms with Gasteiger partial charge in [-0.25, -0.2) is 0 Å². The summed E-state index contributed by atoms with van der Waals surface area (Å²) < 4.78 is 5.22. The highest BCUT2D eigenvalue weighted by Gasteiger charge is 2.24. The molecule has 0 bridgehead atoms. The Kier molecular flexibility index (Phi) is 3.37. The zero-order valence-electron chi connectivity index (χ0n) is 8.42. The Morgan fingerprint density at radius 2 is 2.07 bits per heavy atom. The average molecular weight is 198 g/mol. The summed E-state index contributed by atoms with van der Waals surface area (Å²) >= 11 is 0. The topological polar surface area (TPSA) is 50.4 Å². The number of carbonyl (C=O) groups is 1. The molecule has 2 heterocycles. The van der Waals surface area contributed by atoms with Gasteiger partial charge in [-0.1, -0.05) is 0 Å². The largest absolute Gasteiger partial charge is 0.379 e. The van der Waals surface area contributed by atoms with Gasteiger partial charge in [-0.3, -0.25) is 4.79 Å². The molecule has 2 aliphatic rings. The van der Waals surface area contributed by atoms with E-state index in [2.05, 4.69) is 10.6 Å². The van der Waals surface area contributed by atoms with Gasteiger partial charge in [0, 0.05) is 12.5 Å². The normalized spacial score (nSPS) is 29.0. The van der Waals surface area contributed by atoms with Crippen LogP contribution in [0, 0.1) is 5.92 Å². The molecule has 2 N–H and O–H groups in total. The molecule has 80 valence electrons. The molecule has 2 rings (SSSR count). The molecule has 0 aromatic carbocycles. The molecular weight excluding hydrogens is 180 g/mol. The third kappa shape index (κ3) is 2.45. The fraction of sp³-hybridized carbons (Fsp3) is 0.900. The zero-order chi connectivity index (χ0) is 9.80. The highest BCUT2D eigenvalue weighted by molar-refractivity contribution is 5.79. The van der Waals surface area contributed by atoms with E-state index in [9.17, 15) is 4.79 Å². The minimum atomic E-state index is 0.219. The van der Waals surface area contributed by atoms with Crippen LogP contribution in [0.2, 0.25) is 0 Å². The minimum absolute atomic E-state index is 0.219. The average Bonchev–Trinajstić information content (AvgIpc) is 2.72. The molecule has 0 aliphatic carbocycles. The Morgan fingerprint density at radius 3 is 2.71 bits per heavy atom. The molecule has 1 atom stereocenters. The van der Waals surface area contributed by atoms with Crippen LogP contribution in [0.5, 0.6) is 0 Å². The summed E-state index contributed by atoms with van der Waals surface area (Å²) in [5.74, 6) is 0.443. The second-order valence-corrected chi connectivity index (χ2v) is 4.09. The molecule has 0 aromatic heterocycles. The molecule has 0 spiro atoms. The van der Waals surface area contributed by atoms with Crippen molar-refractivity contribution in [1.29, 1.82) is 0 Å². The van der Waals surface area contributed by atoms with Crippen LogP contribution in [0.4, 0.5) is 0 Å². The predicted molar refractivity (Wildman–Crippen MR) is 53.0 cm³/mol. The van der Waals surface area contributed by atoms with Gasteiger partial charge in [0.05, 0.1) is 12.6 Å². The number of carbonyl (C=O) groups excluding carboxylic acids is 1. The van der Waals surface area contributed by atoms with Crippen LogP contribution in [0.15, 0.2) is 0 Å². The molecule has 1 unspecified atom stereocenters. The Balaban J connectivity index is 1.75. The maximum atomic E-state index is 11.8. The van der Waals surface area contributed by atoms with E-state index in [1.54, 1.807) is 0 Å². The van der Waals surface area contributed by atoms with Gasteiger partial charge in [-0.05, 0) is 32.4 Å². The van der Waals surface area contributed by atoms with Crippen molar-refractivity contribution in [3.63, 3.8) is 0 Å². The van der Waals surface area contributed by atoms with E-state index in [-0.39, 0.29) is 17.9 Å². The van der Waals surface area contributed by atoms with E-state index in [1.807, 2.05) is 0 Å². The monoisotopic (exact) mass is 198 g/mol. The minimum Gasteiger partial charge on any atom is -0.379 e. The lowest BCUT2D eigenvalue weighted by Gasteiger charge is -2.23. The smallest absolute Gasteiger partial charge is 0.223 e. The number of ether oxygens (including phenoxy) is 1. The lowest BCUT2D eigenvalue weighted by Crippen LogP contribution is -2.42. The summed E-state index contributed by atoms with van der Waals surface area (Å²) in [6.45, 7) is 3.42. The Bertz CT molecular complexity index is 196. The van der Waals surface area contributed by atoms with Gasteiger partial charge < -0.3 is 15.4 Å². The number of hydrogen-bond donors (Lipinski definition) is 2. The highest BCUT2D eigenvalue weighted by Crippen LogP contribution is 2.13. The second-order valence-electron chi connectivity index (χ2n) is 4.09. The Hall–Kier alpha value is -0.610. The van der Waals surface area contributed by atoms with Gasteiger partial charge in [0.2, 0.25) is 5.91 Å². The first-order chi connectivity index (χ1) is 6.86. The Morgan fingerprint density at radius 1 is 1.29 bits per heavy atom. The van der Waals surface area contributed by atoms with Crippen LogP contribution < -0.4 is 10.6 Å². The predicted octanol–water partition coefficient (Wildman–Crippen LogP) is -0.109. The van der Waals surface area contributed by atoms with Gasteiger partial charge in [-0.15, -0.1) is 0 Å². The van der Waals surface area contributed by atoms with Crippen molar-refractivity contribution in [2.45, 2.75) is 25.3 Å². The fourth-order valence-electron chi connectivity index (χ4n) is 2.05. The summed E-state index contributed by atoms with van der Waals surface area (Å²) in [6, 6.07) is 0.261. The first-order valence-corrected chi connectivity index (χ1v) is 5.45. The lowest BCUT2D eigenvalue weighted by molar-refractivity contribution is -0.126. The summed E-state index contributed by atoms with van der Waals surface area (Å²) in [5.41, 5.74) is 0. The molecule has 2 aliphatic heterocycles. The van der Waals surface area contributed by atoms with Crippen molar-refractivity contribution in [3.05, 3.63) is 0 Å². The molecule has 0 aromatic rings. The van der Waals surface area contributed by atoms with Crippen LogP contribution >= 0.6 is 0 Å². The molecule has 4 nitrogen and oxygen atoms in total. The summed E-state index contributed by atoms with van der Waals surface area (Å²) in [6.07, 6.45) is 2.91. The molecule has 2 saturated heterocycles. The van der Waals surface area contributed by atoms with Gasteiger partial charge >= 0.3 is 0 Å². The third-order valence-electron chi connectivity index (χ3n) is 2.99. The number of hydrogen-bond acceptors (Lipinski definition) is 3. The lowest BCUT2D eigenvalue weighted by atomic mass is 9.97. The molecule has 14 heavy (non-hydrogen) atoms. The van der Waals surface area contributed by atoms with E-state index in [0.29, 0.717) is 6.61 Å². The molecule has 2 fully saturated rings. The van der Waals surface area contributed by atoms with Crippen LogP contribution in [-0.2, 0) is 9.53 Å². The molecular formula is C10H18N2O2. The summed E-state index contributed by atoms with van der Waals surface area (Å²) in [5, 5.41) is 6.32. The van der Waals surface area contributed by atoms with E-state index in [4.69, 9.17) is 4.74 Å². The van der Waals surface area contributed by atoms with Crippen molar-refractivity contribution in [2.24, 2.45) is 5.92 Å². The van der Waals surface area contributed by atoms with E-state index >= 15 is 0 Å². The first-order valence-electron chi connectivity index (χ1n) is 5.45. The van der Waals surface area contributed by atoms with Gasteiger partial charge in [0.25, 0.3) is 0 Å². The van der Waals surface area contributed by atoms with Crippen LogP contribution in [0.25, 0.3) is 0 Å². The fourth-order valence-corrected chi connectivity index (χ4v) is 2.05. The van der Waals surface area contributed by atoms with Crippen LogP contribution in [0.1, 0.15) is 19.3 Å². The summed E-state index contributed by atoms with van der Waals surface area (Å²) in [4.78, 5) is 11.8. The van der Waals surface area contributed by atoms with Gasteiger partial charge in [-0.2, -0.15) is 0 Å². The number of amides is 1.